The van der Waals surface area contributed by atoms with E-state index in [4.69, 9.17) is 9.84 Å². The Labute approximate surface area is 147 Å². The number of aliphatic hydroxyl groups is 3. The minimum absolute atomic E-state index is 0. The molecule has 138 valence electrons. The lowest BCUT2D eigenvalue weighted by Crippen LogP contribution is -3.00. The lowest BCUT2D eigenvalue weighted by atomic mass is 10.2. The van der Waals surface area contributed by atoms with Gasteiger partial charge in [0, 0.05) is 0 Å². The quantitative estimate of drug-likeness (QED) is 0.238. The van der Waals surface area contributed by atoms with E-state index in [1.807, 2.05) is 0 Å². The van der Waals surface area contributed by atoms with E-state index >= 15 is 0 Å². The van der Waals surface area contributed by atoms with Crippen LogP contribution in [0.1, 0.15) is 6.92 Å². The summed E-state index contributed by atoms with van der Waals surface area (Å²) in [5.41, 5.74) is 0. The van der Waals surface area contributed by atoms with Gasteiger partial charge in [-0.2, -0.15) is 0 Å². The Morgan fingerprint density at radius 3 is 1.91 bits per heavy atom. The van der Waals surface area contributed by atoms with Crippen molar-refractivity contribution in [1.82, 2.24) is 0 Å². The summed E-state index contributed by atoms with van der Waals surface area (Å²) in [4.78, 5) is 0. The van der Waals surface area contributed by atoms with Gasteiger partial charge in [0.1, 0.15) is 26.2 Å². The molecule has 0 bridgehead atoms. The largest absolute Gasteiger partial charge is 1.00 e. The molecule has 22 heavy (non-hydrogen) atoms. The van der Waals surface area contributed by atoms with Crippen molar-refractivity contribution in [3.8, 4) is 0 Å². The first-order valence-electron chi connectivity index (χ1n) is 7.41. The van der Waals surface area contributed by atoms with Gasteiger partial charge in [0.05, 0.1) is 54.1 Å². The van der Waals surface area contributed by atoms with Gasteiger partial charge in [0.25, 0.3) is 0 Å². The molecule has 0 rings (SSSR count). The van der Waals surface area contributed by atoms with Crippen LogP contribution in [0, 0.1) is 0 Å². The predicted molar refractivity (Wildman–Crippen MR) is 79.3 cm³/mol. The van der Waals surface area contributed by atoms with Crippen molar-refractivity contribution >= 4 is 0 Å². The van der Waals surface area contributed by atoms with Crippen molar-refractivity contribution in [2.24, 2.45) is 0 Å². The molecule has 0 aromatic carbocycles. The third-order valence-electron chi connectivity index (χ3n) is 3.55. The molecule has 2 unspecified atom stereocenters. The van der Waals surface area contributed by atoms with Crippen LogP contribution < -0.4 is 24.8 Å². The number of hydrogen-bond donors (Lipinski definition) is 3. The first-order chi connectivity index (χ1) is 9.28. The van der Waals surface area contributed by atoms with Crippen molar-refractivity contribution < 1.29 is 53.8 Å². The zero-order valence-electron chi connectivity index (χ0n) is 14.3. The number of ether oxygens (including phenoxy) is 1. The highest BCUT2D eigenvalue weighted by atomic mass is 35.5. The fourth-order valence-electron chi connectivity index (χ4n) is 2.51. The number of aliphatic hydroxyl groups excluding tert-OH is 3. The maximum atomic E-state index is 10.3. The van der Waals surface area contributed by atoms with E-state index < -0.39 is 6.10 Å². The molecule has 2 atom stereocenters. The van der Waals surface area contributed by atoms with Crippen LogP contribution in [0.3, 0.4) is 0 Å². The van der Waals surface area contributed by atoms with E-state index in [9.17, 15) is 10.2 Å². The van der Waals surface area contributed by atoms with Crippen molar-refractivity contribution in [2.45, 2.75) is 13.0 Å². The number of quaternary nitrogens is 2. The second-order valence-corrected chi connectivity index (χ2v) is 6.47. The van der Waals surface area contributed by atoms with E-state index in [0.29, 0.717) is 41.8 Å². The molecule has 6 nitrogen and oxygen atoms in total. The molecule has 0 aromatic heterocycles. The van der Waals surface area contributed by atoms with Gasteiger partial charge < -0.3 is 53.8 Å². The summed E-state index contributed by atoms with van der Waals surface area (Å²) in [6, 6.07) is 0. The Kier molecular flexibility index (Phi) is 17.0. The van der Waals surface area contributed by atoms with Crippen LogP contribution >= 0.6 is 0 Å². The fourth-order valence-corrected chi connectivity index (χ4v) is 2.51. The van der Waals surface area contributed by atoms with Crippen LogP contribution in [-0.2, 0) is 4.74 Å². The number of halogens is 2. The third-order valence-corrected chi connectivity index (χ3v) is 3.55. The van der Waals surface area contributed by atoms with Crippen LogP contribution in [-0.4, -0.2) is 111 Å². The highest BCUT2D eigenvalue weighted by Gasteiger charge is 2.30. The van der Waals surface area contributed by atoms with Gasteiger partial charge in [0.15, 0.2) is 6.10 Å². The number of likely N-dealkylation sites (N-methyl/N-ethyl adjacent to an activating group) is 2. The molecule has 0 aliphatic heterocycles. The van der Waals surface area contributed by atoms with Gasteiger partial charge >= 0.3 is 0 Å². The van der Waals surface area contributed by atoms with Gasteiger partial charge in [-0.05, 0) is 6.92 Å². The van der Waals surface area contributed by atoms with Gasteiger partial charge in [-0.1, -0.05) is 0 Å². The molecule has 0 spiro atoms. The van der Waals surface area contributed by atoms with E-state index in [2.05, 4.69) is 28.1 Å². The monoisotopic (exact) mass is 364 g/mol. The molecule has 0 heterocycles. The summed E-state index contributed by atoms with van der Waals surface area (Å²) in [6.07, 6.45) is -0.403. The summed E-state index contributed by atoms with van der Waals surface area (Å²) in [6.45, 7) is 6.57. The molecule has 0 aromatic rings. The molecule has 0 aliphatic rings. The molecule has 0 fully saturated rings. The molecule has 0 aliphatic carbocycles. The Morgan fingerprint density at radius 1 is 0.909 bits per heavy atom. The third kappa shape index (κ3) is 12.8. The molecule has 0 radical (unpaired) electrons. The average Bonchev–Trinajstić information content (AvgIpc) is 2.32. The number of nitrogens with zero attached hydrogens (tertiary/aromatic N) is 2. The summed E-state index contributed by atoms with van der Waals surface area (Å²) in [7, 11) is 6.17. The lowest BCUT2D eigenvalue weighted by molar-refractivity contribution is -0.936. The summed E-state index contributed by atoms with van der Waals surface area (Å²) >= 11 is 0. The van der Waals surface area contributed by atoms with Crippen molar-refractivity contribution in [1.29, 1.82) is 0 Å². The average molecular weight is 365 g/mol. The van der Waals surface area contributed by atoms with E-state index in [1.54, 1.807) is 0 Å². The van der Waals surface area contributed by atoms with Crippen LogP contribution in [0.25, 0.3) is 0 Å². The predicted octanol–water partition coefficient (Wildman–Crippen LogP) is -7.10. The van der Waals surface area contributed by atoms with Crippen LogP contribution in [0.2, 0.25) is 0 Å². The zero-order valence-corrected chi connectivity index (χ0v) is 15.9. The summed E-state index contributed by atoms with van der Waals surface area (Å²) in [5.74, 6) is 0. The topological polar surface area (TPSA) is 69.9 Å². The van der Waals surface area contributed by atoms with Crippen LogP contribution in [0.5, 0.6) is 0 Å². The number of rotatable bonds is 12. The van der Waals surface area contributed by atoms with Crippen LogP contribution in [0.15, 0.2) is 0 Å². The van der Waals surface area contributed by atoms with Gasteiger partial charge in [-0.3, -0.25) is 0 Å². The number of hydrogen-bond acceptors (Lipinski definition) is 4. The molecule has 0 saturated heterocycles. The highest BCUT2D eigenvalue weighted by molar-refractivity contribution is 4.55. The second kappa shape index (κ2) is 13.7. The molecule has 8 heteroatoms. The smallest absolute Gasteiger partial charge is 0.152 e. The van der Waals surface area contributed by atoms with Gasteiger partial charge in [0.2, 0.25) is 0 Å². The van der Waals surface area contributed by atoms with Crippen molar-refractivity contribution in [3.05, 3.63) is 0 Å². The standard InChI is InChI=1S/C14H34N2O4.2ClH/c1-5-16(6-8-17,7-10-20-11-9-18)13-14(19)12-15(2,3)4;;/h14,17-19H,5-13H2,1-4H3;2*1H/q+2;;/p-2. The van der Waals surface area contributed by atoms with Crippen molar-refractivity contribution in [2.75, 3.05) is 80.3 Å². The first kappa shape index (κ1) is 27.2. The molecule has 3 N–H and O–H groups in total. The molecule has 0 amide bonds. The summed E-state index contributed by atoms with van der Waals surface area (Å²) < 4.78 is 6.69. The Balaban J connectivity index is -0.00000180. The minimum Gasteiger partial charge on any atom is -1.00 e. The van der Waals surface area contributed by atoms with E-state index in [1.165, 1.54) is 0 Å². The molecular weight excluding hydrogens is 331 g/mol. The lowest BCUT2D eigenvalue weighted by Gasteiger charge is -2.39. The highest BCUT2D eigenvalue weighted by Crippen LogP contribution is 2.10. The van der Waals surface area contributed by atoms with E-state index in [-0.39, 0.29) is 38.0 Å². The van der Waals surface area contributed by atoms with E-state index in [0.717, 1.165) is 13.1 Å². The molecule has 0 saturated carbocycles. The van der Waals surface area contributed by atoms with Crippen LogP contribution in [0.4, 0.5) is 0 Å². The first-order valence-corrected chi connectivity index (χ1v) is 7.41. The Morgan fingerprint density at radius 2 is 1.50 bits per heavy atom. The second-order valence-electron chi connectivity index (χ2n) is 6.47. The Hall–Kier alpha value is 0.340. The minimum atomic E-state index is -0.403. The van der Waals surface area contributed by atoms with Crippen molar-refractivity contribution in [3.63, 3.8) is 0 Å². The summed E-state index contributed by atoms with van der Waals surface area (Å²) in [5, 5.41) is 28.3. The normalized spacial score (nSPS) is 15.4. The zero-order chi connectivity index (χ0) is 15.6. The SMILES string of the molecule is CC[N+](CCO)(CCOCCO)CC(O)C[N+](C)(C)C.[Cl-].[Cl-]. The van der Waals surface area contributed by atoms with Gasteiger partial charge in [-0.25, -0.2) is 0 Å². The maximum absolute atomic E-state index is 10.3. The maximum Gasteiger partial charge on any atom is 0.152 e. The fraction of sp³-hybridized carbons (Fsp3) is 1.00. The molecular formula is C14H34Cl2N2O4. The van der Waals surface area contributed by atoms with Gasteiger partial charge in [-0.15, -0.1) is 0 Å². The Bertz CT molecular complexity index is 255.